The molecule has 4 aromatic carbocycles. The maximum absolute atomic E-state index is 13.2. The second-order valence-corrected chi connectivity index (χ2v) is 30.2. The molecule has 10 aliphatic rings. The molecule has 8 bridgehead atoms. The molecular formula is C64H76Cl2N6O12S2. The SMILES string of the molecule is O=C1NS(=O)(=O)N2CCC/C=C/[C@H](O)[C@@H]3CC[C@H]3CN3C[C@@]4(CCCc5cc(Cl)ccc54)COc4ccc(cc43)[C@@]1(O)C2.O=C1NS(=O)(=O)N2CCC/C=C/[C@H](O)[C@@H]3CC[C@H]3CN3C[C@@]4(CCCc5cc(Cl)ccc54)COc4ccc(cc43)[C@]1(O)C2. The summed E-state index contributed by atoms with van der Waals surface area (Å²) in [5, 5.41) is 47.3. The van der Waals surface area contributed by atoms with Gasteiger partial charge in [-0.2, -0.15) is 25.4 Å². The number of hydrogen-bond donors (Lipinski definition) is 6. The third kappa shape index (κ3) is 10.9. The number of aliphatic hydroxyl groups excluding tert-OH is 2. The molecule has 4 aromatic rings. The van der Waals surface area contributed by atoms with Crippen molar-refractivity contribution < 1.29 is 56.3 Å². The van der Waals surface area contributed by atoms with E-state index in [-0.39, 0.29) is 60.7 Å². The lowest BCUT2D eigenvalue weighted by Crippen LogP contribution is -2.62. The van der Waals surface area contributed by atoms with Gasteiger partial charge in [0.2, 0.25) is 0 Å². The van der Waals surface area contributed by atoms with Gasteiger partial charge in [0.05, 0.1) is 49.9 Å². The molecule has 14 rings (SSSR count). The number of allylic oxidation sites excluding steroid dienone is 2. The van der Waals surface area contributed by atoms with Crippen LogP contribution < -0.4 is 28.7 Å². The summed E-state index contributed by atoms with van der Waals surface area (Å²) in [5.41, 5.74) is 2.41. The van der Waals surface area contributed by atoms with Gasteiger partial charge < -0.3 is 39.7 Å². The Bertz CT molecular complexity index is 3400. The zero-order chi connectivity index (χ0) is 60.0. The molecule has 2 amide bonds. The first kappa shape index (κ1) is 59.7. The van der Waals surface area contributed by atoms with Crippen molar-refractivity contribution in [3.8, 4) is 11.5 Å². The molecule has 2 spiro atoms. The molecule has 0 radical (unpaired) electrons. The van der Waals surface area contributed by atoms with Gasteiger partial charge in [0.15, 0.2) is 11.2 Å². The number of carbonyl (C=O) groups excluding carboxylic acids is 2. The highest BCUT2D eigenvalue weighted by Crippen LogP contribution is 2.50. The molecule has 2 unspecified atom stereocenters. The van der Waals surface area contributed by atoms with E-state index in [0.717, 1.165) is 94.2 Å². The smallest absolute Gasteiger partial charge is 0.304 e. The minimum atomic E-state index is -4.08. The minimum absolute atomic E-state index is 0.117. The summed E-state index contributed by atoms with van der Waals surface area (Å²) >= 11 is 12.8. The number of aliphatic hydroxyl groups is 4. The first-order valence-corrected chi connectivity index (χ1v) is 34.2. The number of hydrogen-bond acceptors (Lipinski definition) is 14. The van der Waals surface area contributed by atoms with Crippen molar-refractivity contribution in [2.75, 3.05) is 75.4 Å². The predicted molar refractivity (Wildman–Crippen MR) is 327 cm³/mol. The van der Waals surface area contributed by atoms with Crippen LogP contribution in [0.5, 0.6) is 11.5 Å². The summed E-state index contributed by atoms with van der Waals surface area (Å²) in [6.45, 7) is 3.15. The lowest BCUT2D eigenvalue weighted by molar-refractivity contribution is -0.142. The maximum Gasteiger partial charge on any atom is 0.304 e. The number of amides is 2. The molecule has 6 aliphatic heterocycles. The van der Waals surface area contributed by atoms with Crippen molar-refractivity contribution in [3.05, 3.63) is 141 Å². The van der Waals surface area contributed by atoms with Crippen LogP contribution in [-0.4, -0.2) is 135 Å². The van der Waals surface area contributed by atoms with Crippen molar-refractivity contribution in [1.29, 1.82) is 0 Å². The third-order valence-electron chi connectivity index (χ3n) is 20.7. The van der Waals surface area contributed by atoms with Gasteiger partial charge >= 0.3 is 20.4 Å². The molecule has 460 valence electrons. The van der Waals surface area contributed by atoms with E-state index in [1.54, 1.807) is 36.4 Å². The van der Waals surface area contributed by atoms with E-state index in [2.05, 4.69) is 43.5 Å². The van der Waals surface area contributed by atoms with Crippen molar-refractivity contribution in [1.82, 2.24) is 18.1 Å². The van der Waals surface area contributed by atoms with Crippen LogP contribution >= 0.6 is 23.2 Å². The second kappa shape index (κ2) is 23.0. The van der Waals surface area contributed by atoms with E-state index >= 15 is 0 Å². The number of benzene rings is 4. The molecular weight excluding hydrogens is 1180 g/mol. The third-order valence-corrected chi connectivity index (χ3v) is 24.0. The highest BCUT2D eigenvalue weighted by Gasteiger charge is 2.53. The standard InChI is InChI=1S/2C32H38ClN3O6S/c2*33-24-9-11-26-21(15-24)5-4-13-31(26)18-35-17-22-7-10-25(22)28(37)6-2-1-3-14-36-19-32(39,30(38)34-43(36,40)41)23-8-12-29(42-20-31)27(35)16-23/h2*2,6,8-9,11-12,15-16,22,25,28,37,39H,1,3-5,7,10,13-14,17-20H2,(H,34,38)/b2*6-2+/t22-,25+,28-,31-,32+;22-,25+,28-,31-,32-/m00/s1. The Kier molecular flexibility index (Phi) is 15.9. The molecule has 86 heavy (non-hydrogen) atoms. The fourth-order valence-corrected chi connectivity index (χ4v) is 18.5. The number of fused-ring (bicyclic) bond motifs is 14. The van der Waals surface area contributed by atoms with Crippen molar-refractivity contribution in [2.24, 2.45) is 23.7 Å². The number of anilines is 2. The monoisotopic (exact) mass is 1250 g/mol. The number of carbonyl (C=O) groups is 2. The molecule has 6 N–H and O–H groups in total. The Balaban J connectivity index is 0.000000160. The quantitative estimate of drug-likeness (QED) is 0.0991. The predicted octanol–water partition coefficient (Wildman–Crippen LogP) is 6.83. The van der Waals surface area contributed by atoms with Crippen LogP contribution in [0, 0.1) is 23.7 Å². The van der Waals surface area contributed by atoms with Gasteiger partial charge in [-0.3, -0.25) is 9.59 Å². The lowest BCUT2D eigenvalue weighted by atomic mass is 9.68. The van der Waals surface area contributed by atoms with Crippen LogP contribution in [0.25, 0.3) is 0 Å². The average Bonchev–Trinajstić information content (AvgIpc) is 1.52. The summed E-state index contributed by atoms with van der Waals surface area (Å²) in [5.74, 6) is 0.152. The molecule has 0 aromatic heterocycles. The Hall–Kier alpha value is -5.26. The number of halogens is 2. The largest absolute Gasteiger partial charge is 0.490 e. The molecule has 18 nitrogen and oxygen atoms in total. The van der Waals surface area contributed by atoms with Gasteiger partial charge in [0.1, 0.15) is 11.5 Å². The van der Waals surface area contributed by atoms with Crippen LogP contribution in [0.15, 0.2) is 97.1 Å². The minimum Gasteiger partial charge on any atom is -0.490 e. The summed E-state index contributed by atoms with van der Waals surface area (Å²) in [7, 11) is -8.17. The van der Waals surface area contributed by atoms with Crippen molar-refractivity contribution >= 4 is 66.8 Å². The van der Waals surface area contributed by atoms with Gasteiger partial charge in [-0.25, -0.2) is 9.44 Å². The number of nitrogens with one attached hydrogen (secondary N) is 2. The molecule has 6 heterocycles. The fraction of sp³-hybridized carbons (Fsp3) is 0.531. The van der Waals surface area contributed by atoms with E-state index in [1.165, 1.54) is 22.3 Å². The second-order valence-electron chi connectivity index (χ2n) is 26.0. The molecule has 22 heteroatoms. The van der Waals surface area contributed by atoms with Crippen LogP contribution in [0.1, 0.15) is 110 Å². The van der Waals surface area contributed by atoms with E-state index in [9.17, 15) is 46.9 Å². The van der Waals surface area contributed by atoms with Crippen LogP contribution in [0.2, 0.25) is 10.0 Å². The topological polar surface area (TPSA) is 239 Å². The van der Waals surface area contributed by atoms with Crippen LogP contribution in [0.4, 0.5) is 11.4 Å². The summed E-state index contributed by atoms with van der Waals surface area (Å²) in [4.78, 5) is 31.0. The Morgan fingerprint density at radius 3 is 1.38 bits per heavy atom. The highest BCUT2D eigenvalue weighted by molar-refractivity contribution is 7.88. The van der Waals surface area contributed by atoms with Crippen molar-refractivity contribution in [3.63, 3.8) is 0 Å². The Morgan fingerprint density at radius 2 is 0.977 bits per heavy atom. The van der Waals surface area contributed by atoms with E-state index in [4.69, 9.17) is 32.7 Å². The zero-order valence-electron chi connectivity index (χ0n) is 48.1. The van der Waals surface area contributed by atoms with Crippen molar-refractivity contribution in [2.45, 2.75) is 124 Å². The Labute approximate surface area is 513 Å². The summed E-state index contributed by atoms with van der Waals surface area (Å²) in [6.07, 6.45) is 18.2. The fourth-order valence-electron chi connectivity index (χ4n) is 15.6. The molecule has 4 fully saturated rings. The first-order valence-electron chi connectivity index (χ1n) is 30.6. The molecule has 2 saturated carbocycles. The zero-order valence-corrected chi connectivity index (χ0v) is 51.2. The molecule has 4 aliphatic carbocycles. The first-order chi connectivity index (χ1) is 41.2. The van der Waals surface area contributed by atoms with Gasteiger partial charge in [-0.05, 0) is 195 Å². The van der Waals surface area contributed by atoms with Gasteiger partial charge in [0, 0.05) is 60.1 Å². The average molecular weight is 1260 g/mol. The lowest BCUT2D eigenvalue weighted by Gasteiger charge is -2.45. The van der Waals surface area contributed by atoms with Crippen LogP contribution in [-0.2, 0) is 64.9 Å². The normalized spacial score (nSPS) is 35.8. The van der Waals surface area contributed by atoms with Gasteiger partial charge in [-0.15, -0.1) is 0 Å². The maximum atomic E-state index is 13.2. The number of rotatable bonds is 0. The molecule has 2 saturated heterocycles. The number of nitrogens with zero attached hydrogens (tertiary/aromatic N) is 4. The Morgan fingerprint density at radius 1 is 0.547 bits per heavy atom. The highest BCUT2D eigenvalue weighted by atomic mass is 35.5. The van der Waals surface area contributed by atoms with Gasteiger partial charge in [-0.1, -0.05) is 71.8 Å². The van der Waals surface area contributed by atoms with E-state index in [1.807, 2.05) is 36.4 Å². The number of aryl methyl sites for hydroxylation is 2. The number of ether oxygens (including phenoxy) is 2. The van der Waals surface area contributed by atoms with E-state index < -0.39 is 55.6 Å². The van der Waals surface area contributed by atoms with Crippen LogP contribution in [0.3, 0.4) is 0 Å². The summed E-state index contributed by atoms with van der Waals surface area (Å²) in [6, 6.07) is 22.8. The van der Waals surface area contributed by atoms with E-state index in [0.29, 0.717) is 87.7 Å². The summed E-state index contributed by atoms with van der Waals surface area (Å²) < 4.78 is 70.9. The molecule has 12 atom stereocenters. The van der Waals surface area contributed by atoms with Gasteiger partial charge in [0.25, 0.3) is 11.8 Å².